The number of aromatic nitrogens is 1. The Morgan fingerprint density at radius 2 is 2.36 bits per heavy atom. The predicted molar refractivity (Wildman–Crippen MR) is 63.5 cm³/mol. The third kappa shape index (κ3) is 4.63. The fourth-order valence-electron chi connectivity index (χ4n) is 1.18. The first-order valence-corrected chi connectivity index (χ1v) is 6.34. The highest BCUT2D eigenvalue weighted by molar-refractivity contribution is 7.98. The van der Waals surface area contributed by atoms with E-state index < -0.39 is 0 Å². The number of hydrogen-bond donors (Lipinski definition) is 1. The van der Waals surface area contributed by atoms with Crippen LogP contribution in [0.25, 0.3) is 0 Å². The van der Waals surface area contributed by atoms with Crippen molar-refractivity contribution in [1.29, 1.82) is 0 Å². The fraction of sp³-hybridized carbons (Fsp3) is 0.545. The predicted octanol–water partition coefficient (Wildman–Crippen LogP) is 2.31. The molecule has 3 heteroatoms. The summed E-state index contributed by atoms with van der Waals surface area (Å²) in [6, 6.07) is 6.59. The summed E-state index contributed by atoms with van der Waals surface area (Å²) in [5.41, 5.74) is 1.11. The highest BCUT2D eigenvalue weighted by Crippen LogP contribution is 2.01. The summed E-state index contributed by atoms with van der Waals surface area (Å²) < 4.78 is 0. The van der Waals surface area contributed by atoms with E-state index in [0.29, 0.717) is 6.04 Å². The van der Waals surface area contributed by atoms with Crippen LogP contribution in [0.1, 0.15) is 19.0 Å². The van der Waals surface area contributed by atoms with Crippen LogP contribution in [0.4, 0.5) is 0 Å². The molecule has 0 aliphatic heterocycles. The molecule has 0 saturated heterocycles. The van der Waals surface area contributed by atoms with Crippen molar-refractivity contribution in [2.24, 2.45) is 0 Å². The number of nitrogens with one attached hydrogen (secondary N) is 1. The average molecular weight is 210 g/mol. The summed E-state index contributed by atoms with van der Waals surface area (Å²) in [4.78, 5) is 4.26. The maximum Gasteiger partial charge on any atom is 0.0541 e. The summed E-state index contributed by atoms with van der Waals surface area (Å²) in [7, 11) is 0. The molecule has 0 aliphatic carbocycles. The molecule has 0 bridgehead atoms. The topological polar surface area (TPSA) is 24.9 Å². The van der Waals surface area contributed by atoms with E-state index in [1.54, 1.807) is 0 Å². The van der Waals surface area contributed by atoms with Gasteiger partial charge in [0.2, 0.25) is 0 Å². The van der Waals surface area contributed by atoms with E-state index in [1.165, 1.54) is 12.2 Å². The lowest BCUT2D eigenvalue weighted by atomic mass is 10.2. The van der Waals surface area contributed by atoms with Gasteiger partial charge in [-0.3, -0.25) is 4.98 Å². The molecule has 0 spiro atoms. The molecule has 0 saturated carbocycles. The van der Waals surface area contributed by atoms with E-state index in [9.17, 15) is 0 Å². The lowest BCUT2D eigenvalue weighted by molar-refractivity contribution is 0.532. The molecule has 0 amide bonds. The number of nitrogens with zero attached hydrogens (tertiary/aromatic N) is 1. The molecular weight excluding hydrogens is 192 g/mol. The van der Waals surface area contributed by atoms with Gasteiger partial charge < -0.3 is 5.32 Å². The van der Waals surface area contributed by atoms with Crippen LogP contribution in [0.2, 0.25) is 0 Å². The van der Waals surface area contributed by atoms with Crippen molar-refractivity contribution in [3.05, 3.63) is 30.1 Å². The molecule has 2 nitrogen and oxygen atoms in total. The van der Waals surface area contributed by atoms with Crippen LogP contribution in [0, 0.1) is 0 Å². The SMILES string of the molecule is CSCCC(C)NCc1ccccn1. The van der Waals surface area contributed by atoms with Crippen LogP contribution < -0.4 is 5.32 Å². The molecule has 1 atom stereocenters. The Bertz CT molecular complexity index is 238. The Kier molecular flexibility index (Phi) is 5.64. The number of thioether (sulfide) groups is 1. The van der Waals surface area contributed by atoms with E-state index >= 15 is 0 Å². The van der Waals surface area contributed by atoms with Crippen molar-refractivity contribution in [2.45, 2.75) is 25.9 Å². The fourth-order valence-corrected chi connectivity index (χ4v) is 1.77. The first kappa shape index (κ1) is 11.5. The van der Waals surface area contributed by atoms with Crippen molar-refractivity contribution < 1.29 is 0 Å². The number of rotatable bonds is 6. The standard InChI is InChI=1S/C11H18N2S/c1-10(6-8-14-2)13-9-11-5-3-4-7-12-11/h3-5,7,10,13H,6,8-9H2,1-2H3. The van der Waals surface area contributed by atoms with Crippen LogP contribution in [0.5, 0.6) is 0 Å². The smallest absolute Gasteiger partial charge is 0.0541 e. The van der Waals surface area contributed by atoms with Crippen molar-refractivity contribution >= 4 is 11.8 Å². The number of pyridine rings is 1. The van der Waals surface area contributed by atoms with Gasteiger partial charge in [-0.2, -0.15) is 11.8 Å². The first-order valence-electron chi connectivity index (χ1n) is 4.95. The summed E-state index contributed by atoms with van der Waals surface area (Å²) in [6.45, 7) is 3.09. The zero-order chi connectivity index (χ0) is 10.2. The third-order valence-electron chi connectivity index (χ3n) is 2.11. The molecule has 0 aliphatic rings. The van der Waals surface area contributed by atoms with Crippen molar-refractivity contribution in [2.75, 3.05) is 12.0 Å². The van der Waals surface area contributed by atoms with Gasteiger partial charge in [0.25, 0.3) is 0 Å². The molecule has 0 fully saturated rings. The Morgan fingerprint density at radius 3 is 3.00 bits per heavy atom. The van der Waals surface area contributed by atoms with Gasteiger partial charge in [0.05, 0.1) is 5.69 Å². The van der Waals surface area contributed by atoms with Gasteiger partial charge in [-0.1, -0.05) is 6.07 Å². The van der Waals surface area contributed by atoms with Crippen molar-refractivity contribution in [3.63, 3.8) is 0 Å². The minimum Gasteiger partial charge on any atom is -0.309 e. The molecule has 1 unspecified atom stereocenters. The molecule has 1 N–H and O–H groups in total. The molecular formula is C11H18N2S. The van der Waals surface area contributed by atoms with E-state index in [1.807, 2.05) is 36.2 Å². The van der Waals surface area contributed by atoms with Crippen molar-refractivity contribution in [3.8, 4) is 0 Å². The van der Waals surface area contributed by atoms with Gasteiger partial charge in [-0.25, -0.2) is 0 Å². The summed E-state index contributed by atoms with van der Waals surface area (Å²) in [5.74, 6) is 1.22. The van der Waals surface area contributed by atoms with Gasteiger partial charge in [0.1, 0.15) is 0 Å². The zero-order valence-electron chi connectivity index (χ0n) is 8.86. The van der Waals surface area contributed by atoms with Gasteiger partial charge in [-0.05, 0) is 37.5 Å². The summed E-state index contributed by atoms with van der Waals surface area (Å²) >= 11 is 1.90. The quantitative estimate of drug-likeness (QED) is 0.780. The highest BCUT2D eigenvalue weighted by Gasteiger charge is 2.00. The van der Waals surface area contributed by atoms with E-state index in [-0.39, 0.29) is 0 Å². The largest absolute Gasteiger partial charge is 0.309 e. The van der Waals surface area contributed by atoms with E-state index in [2.05, 4.69) is 23.5 Å². The minimum absolute atomic E-state index is 0.574. The van der Waals surface area contributed by atoms with Gasteiger partial charge in [0.15, 0.2) is 0 Å². The second-order valence-electron chi connectivity index (χ2n) is 3.38. The Hall–Kier alpha value is -0.540. The molecule has 0 radical (unpaired) electrons. The molecule has 1 aromatic heterocycles. The number of hydrogen-bond acceptors (Lipinski definition) is 3. The average Bonchev–Trinajstić information content (AvgIpc) is 2.25. The lowest BCUT2D eigenvalue weighted by Gasteiger charge is -2.12. The monoisotopic (exact) mass is 210 g/mol. The van der Waals surface area contributed by atoms with Gasteiger partial charge >= 0.3 is 0 Å². The maximum absolute atomic E-state index is 4.26. The van der Waals surface area contributed by atoms with Crippen molar-refractivity contribution in [1.82, 2.24) is 10.3 Å². The molecule has 1 rings (SSSR count). The highest BCUT2D eigenvalue weighted by atomic mass is 32.2. The second-order valence-corrected chi connectivity index (χ2v) is 4.37. The van der Waals surface area contributed by atoms with Crippen LogP contribution in [0.3, 0.4) is 0 Å². The second kappa shape index (κ2) is 6.85. The van der Waals surface area contributed by atoms with Crippen LogP contribution in [-0.2, 0) is 6.54 Å². The lowest BCUT2D eigenvalue weighted by Crippen LogP contribution is -2.26. The summed E-state index contributed by atoms with van der Waals surface area (Å²) in [6.07, 6.45) is 5.20. The van der Waals surface area contributed by atoms with Gasteiger partial charge in [0, 0.05) is 18.8 Å². The van der Waals surface area contributed by atoms with Crippen LogP contribution >= 0.6 is 11.8 Å². The zero-order valence-corrected chi connectivity index (χ0v) is 9.68. The minimum atomic E-state index is 0.574. The maximum atomic E-state index is 4.26. The molecule has 78 valence electrons. The molecule has 0 aromatic carbocycles. The molecule has 1 heterocycles. The first-order chi connectivity index (χ1) is 6.83. The Labute approximate surface area is 90.5 Å². The van der Waals surface area contributed by atoms with Crippen LogP contribution in [0.15, 0.2) is 24.4 Å². The van der Waals surface area contributed by atoms with E-state index in [4.69, 9.17) is 0 Å². The Morgan fingerprint density at radius 1 is 1.50 bits per heavy atom. The summed E-state index contributed by atoms with van der Waals surface area (Å²) in [5, 5.41) is 3.46. The molecule has 1 aromatic rings. The third-order valence-corrected chi connectivity index (χ3v) is 2.76. The van der Waals surface area contributed by atoms with Crippen LogP contribution in [-0.4, -0.2) is 23.0 Å². The Balaban J connectivity index is 2.20. The normalized spacial score (nSPS) is 12.7. The van der Waals surface area contributed by atoms with E-state index in [0.717, 1.165) is 12.2 Å². The van der Waals surface area contributed by atoms with Gasteiger partial charge in [-0.15, -0.1) is 0 Å². The molecule has 14 heavy (non-hydrogen) atoms.